The van der Waals surface area contributed by atoms with E-state index in [2.05, 4.69) is 10.6 Å². The molecule has 1 heterocycles. The number of amides is 1. The third-order valence-corrected chi connectivity index (χ3v) is 3.50. The normalized spacial score (nSPS) is 24.2. The maximum Gasteiger partial charge on any atom is 0.237 e. The summed E-state index contributed by atoms with van der Waals surface area (Å²) in [5.41, 5.74) is 0.587. The molecular formula is C13H17ClN2O3. The molecule has 1 aliphatic heterocycles. The molecule has 4 N–H and O–H groups in total. The zero-order valence-electron chi connectivity index (χ0n) is 10.3. The zero-order valence-corrected chi connectivity index (χ0v) is 11.1. The van der Waals surface area contributed by atoms with Crippen molar-refractivity contribution in [3.05, 3.63) is 34.9 Å². The highest BCUT2D eigenvalue weighted by atomic mass is 35.5. The standard InChI is InChI=1S/C13H17ClN2O3/c14-10-4-2-1-3-9(10)12(18)7-16-13(19)11-5-8(17)6-15-11/h1-4,8,11-12,15,17-18H,5-7H2,(H,16,19)/t8-,11-,12+/m1/s1. The van der Waals surface area contributed by atoms with Crippen LogP contribution in [0.4, 0.5) is 0 Å². The molecule has 19 heavy (non-hydrogen) atoms. The monoisotopic (exact) mass is 284 g/mol. The van der Waals surface area contributed by atoms with E-state index in [-0.39, 0.29) is 12.5 Å². The van der Waals surface area contributed by atoms with Gasteiger partial charge in [0.2, 0.25) is 5.91 Å². The van der Waals surface area contributed by atoms with Gasteiger partial charge in [-0.3, -0.25) is 4.79 Å². The van der Waals surface area contributed by atoms with E-state index in [1.807, 2.05) is 0 Å². The van der Waals surface area contributed by atoms with E-state index in [0.717, 1.165) is 0 Å². The van der Waals surface area contributed by atoms with Crippen molar-refractivity contribution in [3.8, 4) is 0 Å². The lowest BCUT2D eigenvalue weighted by Gasteiger charge is -2.16. The molecule has 0 radical (unpaired) electrons. The van der Waals surface area contributed by atoms with E-state index in [9.17, 15) is 15.0 Å². The van der Waals surface area contributed by atoms with Crippen molar-refractivity contribution < 1.29 is 15.0 Å². The average molecular weight is 285 g/mol. The van der Waals surface area contributed by atoms with Crippen molar-refractivity contribution in [2.45, 2.75) is 24.7 Å². The maximum absolute atomic E-state index is 11.8. The first-order valence-electron chi connectivity index (χ1n) is 6.19. The Balaban J connectivity index is 1.85. The molecule has 0 saturated carbocycles. The minimum absolute atomic E-state index is 0.0941. The van der Waals surface area contributed by atoms with Crippen LogP contribution in [-0.2, 0) is 4.79 Å². The van der Waals surface area contributed by atoms with Crippen molar-refractivity contribution in [1.29, 1.82) is 0 Å². The quantitative estimate of drug-likeness (QED) is 0.637. The second-order valence-corrected chi connectivity index (χ2v) is 5.04. The molecule has 5 nitrogen and oxygen atoms in total. The number of β-amino-alcohol motifs (C(OH)–C–C–N with tert-alkyl or cyclic N) is 1. The first-order valence-corrected chi connectivity index (χ1v) is 6.57. The van der Waals surface area contributed by atoms with E-state index in [4.69, 9.17) is 11.6 Å². The van der Waals surface area contributed by atoms with Gasteiger partial charge in [-0.1, -0.05) is 29.8 Å². The van der Waals surface area contributed by atoms with Crippen LogP contribution in [0.15, 0.2) is 24.3 Å². The summed E-state index contributed by atoms with van der Waals surface area (Å²) >= 11 is 5.96. The van der Waals surface area contributed by atoms with Crippen LogP contribution in [0, 0.1) is 0 Å². The summed E-state index contributed by atoms with van der Waals surface area (Å²) in [6, 6.07) is 6.57. The second kappa shape index (κ2) is 6.34. The van der Waals surface area contributed by atoms with Crippen LogP contribution in [0.1, 0.15) is 18.1 Å². The summed E-state index contributed by atoms with van der Waals surface area (Å²) in [7, 11) is 0. The van der Waals surface area contributed by atoms with Gasteiger partial charge in [0, 0.05) is 23.7 Å². The average Bonchev–Trinajstić information content (AvgIpc) is 2.83. The SMILES string of the molecule is O=C(NC[C@H](O)c1ccccc1Cl)[C@H]1C[C@@H](O)CN1. The predicted octanol–water partition coefficient (Wildman–Crippen LogP) is 0.212. The molecule has 1 fully saturated rings. The van der Waals surface area contributed by atoms with Crippen LogP contribution in [-0.4, -0.2) is 41.4 Å². The number of carbonyl (C=O) groups is 1. The van der Waals surface area contributed by atoms with Gasteiger partial charge in [-0.2, -0.15) is 0 Å². The Morgan fingerprint density at radius 3 is 2.89 bits per heavy atom. The van der Waals surface area contributed by atoms with Gasteiger partial charge in [0.05, 0.1) is 18.2 Å². The molecule has 6 heteroatoms. The summed E-state index contributed by atoms with van der Waals surface area (Å²) in [6.45, 7) is 0.516. The second-order valence-electron chi connectivity index (χ2n) is 4.63. The van der Waals surface area contributed by atoms with Gasteiger partial charge in [-0.15, -0.1) is 0 Å². The van der Waals surface area contributed by atoms with Crippen molar-refractivity contribution in [2.24, 2.45) is 0 Å². The first-order chi connectivity index (χ1) is 9.08. The Hall–Kier alpha value is -1.14. The highest BCUT2D eigenvalue weighted by Gasteiger charge is 2.28. The van der Waals surface area contributed by atoms with Crippen LogP contribution in [0.2, 0.25) is 5.02 Å². The summed E-state index contributed by atoms with van der Waals surface area (Å²) in [6.07, 6.45) is -0.929. The van der Waals surface area contributed by atoms with Crippen LogP contribution in [0.3, 0.4) is 0 Å². The summed E-state index contributed by atoms with van der Waals surface area (Å²) in [4.78, 5) is 11.8. The molecule has 0 aromatic heterocycles. The predicted molar refractivity (Wildman–Crippen MR) is 71.8 cm³/mol. The Bertz CT molecular complexity index is 455. The molecule has 104 valence electrons. The number of benzene rings is 1. The molecule has 1 aliphatic rings. The van der Waals surface area contributed by atoms with Gasteiger partial charge in [0.25, 0.3) is 0 Å². The number of carbonyl (C=O) groups excluding carboxylic acids is 1. The minimum atomic E-state index is -0.844. The van der Waals surface area contributed by atoms with E-state index >= 15 is 0 Å². The van der Waals surface area contributed by atoms with Gasteiger partial charge in [0.15, 0.2) is 0 Å². The van der Waals surface area contributed by atoms with Gasteiger partial charge in [0.1, 0.15) is 0 Å². The molecule has 3 atom stereocenters. The van der Waals surface area contributed by atoms with Crippen LogP contribution in [0.25, 0.3) is 0 Å². The van der Waals surface area contributed by atoms with E-state index < -0.39 is 18.2 Å². The zero-order chi connectivity index (χ0) is 13.8. The fraction of sp³-hybridized carbons (Fsp3) is 0.462. The van der Waals surface area contributed by atoms with Gasteiger partial charge < -0.3 is 20.8 Å². The van der Waals surface area contributed by atoms with Crippen LogP contribution >= 0.6 is 11.6 Å². The number of rotatable bonds is 4. The lowest BCUT2D eigenvalue weighted by atomic mass is 10.1. The number of halogens is 1. The third-order valence-electron chi connectivity index (χ3n) is 3.16. The van der Waals surface area contributed by atoms with Crippen molar-refractivity contribution >= 4 is 17.5 Å². The lowest BCUT2D eigenvalue weighted by Crippen LogP contribution is -2.41. The molecule has 0 bridgehead atoms. The van der Waals surface area contributed by atoms with E-state index in [0.29, 0.717) is 23.6 Å². The topological polar surface area (TPSA) is 81.6 Å². The van der Waals surface area contributed by atoms with Crippen molar-refractivity contribution in [1.82, 2.24) is 10.6 Å². The van der Waals surface area contributed by atoms with Crippen molar-refractivity contribution in [2.75, 3.05) is 13.1 Å². The Kier molecular flexibility index (Phi) is 4.76. The number of aliphatic hydroxyl groups is 2. The molecule has 1 amide bonds. The number of hydrogen-bond donors (Lipinski definition) is 4. The van der Waals surface area contributed by atoms with Crippen LogP contribution in [0.5, 0.6) is 0 Å². The molecule has 0 spiro atoms. The molecule has 1 aromatic carbocycles. The molecule has 1 aromatic rings. The molecule has 0 aliphatic carbocycles. The highest BCUT2D eigenvalue weighted by molar-refractivity contribution is 6.31. The Morgan fingerprint density at radius 1 is 1.53 bits per heavy atom. The summed E-state index contributed by atoms with van der Waals surface area (Å²) in [5.74, 6) is -0.220. The fourth-order valence-electron chi connectivity index (χ4n) is 2.09. The van der Waals surface area contributed by atoms with Gasteiger partial charge in [-0.25, -0.2) is 0 Å². The van der Waals surface area contributed by atoms with Gasteiger partial charge in [-0.05, 0) is 12.5 Å². The Morgan fingerprint density at radius 2 is 2.26 bits per heavy atom. The first kappa shape index (κ1) is 14.3. The smallest absolute Gasteiger partial charge is 0.237 e. The number of nitrogens with one attached hydrogen (secondary N) is 2. The minimum Gasteiger partial charge on any atom is -0.392 e. The maximum atomic E-state index is 11.8. The highest BCUT2D eigenvalue weighted by Crippen LogP contribution is 2.21. The molecule has 0 unspecified atom stereocenters. The van der Waals surface area contributed by atoms with E-state index in [1.54, 1.807) is 24.3 Å². The fourth-order valence-corrected chi connectivity index (χ4v) is 2.35. The van der Waals surface area contributed by atoms with E-state index in [1.165, 1.54) is 0 Å². The van der Waals surface area contributed by atoms with Crippen LogP contribution < -0.4 is 10.6 Å². The number of hydrogen-bond acceptors (Lipinski definition) is 4. The lowest BCUT2D eigenvalue weighted by molar-refractivity contribution is -0.123. The van der Waals surface area contributed by atoms with Crippen molar-refractivity contribution in [3.63, 3.8) is 0 Å². The molecule has 2 rings (SSSR count). The summed E-state index contributed by atoms with van der Waals surface area (Å²) < 4.78 is 0. The summed E-state index contributed by atoms with van der Waals surface area (Å²) in [5, 5.41) is 25.3. The largest absolute Gasteiger partial charge is 0.392 e. The molecule has 1 saturated heterocycles. The number of aliphatic hydroxyl groups excluding tert-OH is 2. The third kappa shape index (κ3) is 3.67. The van der Waals surface area contributed by atoms with Gasteiger partial charge >= 0.3 is 0 Å². The Labute approximate surface area is 116 Å². The molecular weight excluding hydrogens is 268 g/mol.